The van der Waals surface area contributed by atoms with Gasteiger partial charge < -0.3 is 0 Å². The van der Waals surface area contributed by atoms with E-state index in [0.29, 0.717) is 0 Å². The highest BCUT2D eigenvalue weighted by Gasteiger charge is 2.05. The summed E-state index contributed by atoms with van der Waals surface area (Å²) in [6.45, 7) is 2.17. The van der Waals surface area contributed by atoms with E-state index in [9.17, 15) is 0 Å². The minimum Gasteiger partial charge on any atom is -0.0843 e. The molecule has 1 aromatic rings. The van der Waals surface area contributed by atoms with Crippen LogP contribution in [-0.2, 0) is 0 Å². The second-order valence-corrected chi connectivity index (χ2v) is 4.15. The third kappa shape index (κ3) is 2.08. The maximum Gasteiger partial charge on any atom is 0.0412 e. The van der Waals surface area contributed by atoms with E-state index in [1.807, 2.05) is 18.2 Å². The quantitative estimate of drug-likeness (QED) is 0.634. The van der Waals surface area contributed by atoms with Crippen molar-refractivity contribution in [3.05, 3.63) is 52.6 Å². The Hall–Kier alpha value is -1.01. The maximum absolute atomic E-state index is 5.95. The van der Waals surface area contributed by atoms with Crippen LogP contribution in [0.3, 0.4) is 0 Å². The van der Waals surface area contributed by atoms with Crippen molar-refractivity contribution in [1.82, 2.24) is 0 Å². The molecule has 0 nitrogen and oxygen atoms in total. The van der Waals surface area contributed by atoms with Gasteiger partial charge in [-0.25, -0.2) is 0 Å². The highest BCUT2D eigenvalue weighted by Crippen LogP contribution is 2.27. The summed E-state index contributed by atoms with van der Waals surface area (Å²) in [5.74, 6) is 0. The highest BCUT2D eigenvalue weighted by molar-refractivity contribution is 6.30. The zero-order valence-corrected chi connectivity index (χ0v) is 9.01. The molecular formula is C13H13Cl. The number of allylic oxidation sites excluding steroid dienone is 4. The van der Waals surface area contributed by atoms with Crippen LogP contribution in [-0.4, -0.2) is 0 Å². The number of benzene rings is 1. The molecule has 1 aliphatic carbocycles. The Morgan fingerprint density at radius 2 is 2.00 bits per heavy atom. The van der Waals surface area contributed by atoms with Crippen LogP contribution in [0.2, 0.25) is 5.02 Å². The molecule has 14 heavy (non-hydrogen) atoms. The molecular weight excluding hydrogens is 192 g/mol. The Balaban J connectivity index is 2.32. The van der Waals surface area contributed by atoms with Crippen molar-refractivity contribution in [1.29, 1.82) is 0 Å². The van der Waals surface area contributed by atoms with E-state index in [4.69, 9.17) is 11.6 Å². The normalized spacial score (nSPS) is 16.1. The summed E-state index contributed by atoms with van der Waals surface area (Å²) in [5, 5.41) is 0.815. The summed E-state index contributed by atoms with van der Waals surface area (Å²) in [6.07, 6.45) is 6.69. The van der Waals surface area contributed by atoms with Crippen molar-refractivity contribution in [3.8, 4) is 0 Å². The molecule has 0 saturated carbocycles. The van der Waals surface area contributed by atoms with Crippen molar-refractivity contribution >= 4 is 17.2 Å². The SMILES string of the molecule is CC1=CC=C(c2cccc(Cl)c2)CC1. The Morgan fingerprint density at radius 1 is 1.14 bits per heavy atom. The van der Waals surface area contributed by atoms with E-state index in [1.165, 1.54) is 23.1 Å². The first-order chi connectivity index (χ1) is 6.75. The van der Waals surface area contributed by atoms with Crippen LogP contribution in [0, 0.1) is 0 Å². The second-order valence-electron chi connectivity index (χ2n) is 3.72. The molecule has 0 radical (unpaired) electrons. The molecule has 0 atom stereocenters. The standard InChI is InChI=1S/C13H13Cl/c1-10-5-7-11(8-6-10)12-3-2-4-13(14)9-12/h2-5,7,9H,6,8H2,1H3. The monoisotopic (exact) mass is 204 g/mol. The van der Waals surface area contributed by atoms with Gasteiger partial charge in [-0.2, -0.15) is 0 Å². The number of rotatable bonds is 1. The molecule has 0 saturated heterocycles. The number of halogens is 1. The van der Waals surface area contributed by atoms with Gasteiger partial charge in [0.25, 0.3) is 0 Å². The summed E-state index contributed by atoms with van der Waals surface area (Å²) in [7, 11) is 0. The topological polar surface area (TPSA) is 0 Å². The molecule has 0 unspecified atom stereocenters. The van der Waals surface area contributed by atoms with Crippen LogP contribution in [0.15, 0.2) is 42.0 Å². The average Bonchev–Trinajstić information content (AvgIpc) is 2.19. The van der Waals surface area contributed by atoms with Gasteiger partial charge in [-0.1, -0.05) is 41.5 Å². The van der Waals surface area contributed by atoms with Crippen LogP contribution in [0.4, 0.5) is 0 Å². The Labute approximate surface area is 89.9 Å². The molecule has 0 aliphatic heterocycles. The molecule has 1 heteroatoms. The van der Waals surface area contributed by atoms with Crippen LogP contribution in [0.5, 0.6) is 0 Å². The predicted molar refractivity (Wildman–Crippen MR) is 62.4 cm³/mol. The third-order valence-electron chi connectivity index (χ3n) is 2.55. The van der Waals surface area contributed by atoms with E-state index >= 15 is 0 Å². The lowest BCUT2D eigenvalue weighted by atomic mass is 9.94. The summed E-state index contributed by atoms with van der Waals surface area (Å²) in [4.78, 5) is 0. The van der Waals surface area contributed by atoms with Gasteiger partial charge in [0.2, 0.25) is 0 Å². The van der Waals surface area contributed by atoms with Crippen molar-refractivity contribution in [2.75, 3.05) is 0 Å². The van der Waals surface area contributed by atoms with Crippen LogP contribution in [0.25, 0.3) is 5.57 Å². The van der Waals surface area contributed by atoms with Gasteiger partial charge in [0.05, 0.1) is 0 Å². The summed E-state index contributed by atoms with van der Waals surface area (Å²) < 4.78 is 0. The lowest BCUT2D eigenvalue weighted by Crippen LogP contribution is -1.90. The summed E-state index contributed by atoms with van der Waals surface area (Å²) >= 11 is 5.95. The average molecular weight is 205 g/mol. The second kappa shape index (κ2) is 4.02. The number of hydrogen-bond donors (Lipinski definition) is 0. The summed E-state index contributed by atoms with van der Waals surface area (Å²) in [5.41, 5.74) is 4.09. The Bertz CT molecular complexity index is 399. The van der Waals surface area contributed by atoms with E-state index < -0.39 is 0 Å². The molecule has 0 aromatic heterocycles. The highest BCUT2D eigenvalue weighted by atomic mass is 35.5. The molecule has 1 aromatic carbocycles. The van der Waals surface area contributed by atoms with Gasteiger partial charge in [-0.15, -0.1) is 0 Å². The van der Waals surface area contributed by atoms with Gasteiger partial charge in [-0.3, -0.25) is 0 Å². The molecule has 0 N–H and O–H groups in total. The molecule has 0 amide bonds. The zero-order chi connectivity index (χ0) is 9.97. The first kappa shape index (κ1) is 9.54. The van der Waals surface area contributed by atoms with Gasteiger partial charge in [-0.05, 0) is 43.0 Å². The van der Waals surface area contributed by atoms with Crippen molar-refractivity contribution in [3.63, 3.8) is 0 Å². The molecule has 1 aliphatic rings. The van der Waals surface area contributed by atoms with E-state index in [0.717, 1.165) is 11.4 Å². The van der Waals surface area contributed by atoms with Crippen molar-refractivity contribution in [2.24, 2.45) is 0 Å². The van der Waals surface area contributed by atoms with E-state index in [2.05, 4.69) is 25.1 Å². The molecule has 0 spiro atoms. The molecule has 0 fully saturated rings. The fourth-order valence-corrected chi connectivity index (χ4v) is 1.86. The first-order valence-corrected chi connectivity index (χ1v) is 5.26. The van der Waals surface area contributed by atoms with Gasteiger partial charge in [0, 0.05) is 5.02 Å². The van der Waals surface area contributed by atoms with Crippen molar-refractivity contribution < 1.29 is 0 Å². The first-order valence-electron chi connectivity index (χ1n) is 4.88. The Morgan fingerprint density at radius 3 is 2.64 bits per heavy atom. The molecule has 72 valence electrons. The minimum absolute atomic E-state index is 0.815. The van der Waals surface area contributed by atoms with Crippen LogP contribution in [0.1, 0.15) is 25.3 Å². The van der Waals surface area contributed by atoms with Crippen LogP contribution >= 0.6 is 11.6 Å². The lowest BCUT2D eigenvalue weighted by Gasteiger charge is -2.12. The van der Waals surface area contributed by atoms with Gasteiger partial charge in [0.15, 0.2) is 0 Å². The van der Waals surface area contributed by atoms with Crippen LogP contribution < -0.4 is 0 Å². The van der Waals surface area contributed by atoms with Gasteiger partial charge in [0.1, 0.15) is 0 Å². The Kier molecular flexibility index (Phi) is 2.74. The van der Waals surface area contributed by atoms with Crippen molar-refractivity contribution in [2.45, 2.75) is 19.8 Å². The van der Waals surface area contributed by atoms with E-state index in [1.54, 1.807) is 0 Å². The molecule has 2 rings (SSSR count). The zero-order valence-electron chi connectivity index (χ0n) is 8.26. The van der Waals surface area contributed by atoms with E-state index in [-0.39, 0.29) is 0 Å². The smallest absolute Gasteiger partial charge is 0.0412 e. The molecule has 0 bridgehead atoms. The van der Waals surface area contributed by atoms with Gasteiger partial charge >= 0.3 is 0 Å². The molecule has 0 heterocycles. The fraction of sp³-hybridized carbons (Fsp3) is 0.231. The fourth-order valence-electron chi connectivity index (χ4n) is 1.67. The summed E-state index contributed by atoms with van der Waals surface area (Å²) in [6, 6.07) is 8.06. The lowest BCUT2D eigenvalue weighted by molar-refractivity contribution is 0.977. The predicted octanol–water partition coefficient (Wildman–Crippen LogP) is 4.46. The number of hydrogen-bond acceptors (Lipinski definition) is 0. The minimum atomic E-state index is 0.815. The largest absolute Gasteiger partial charge is 0.0843 e. The maximum atomic E-state index is 5.95. The third-order valence-corrected chi connectivity index (χ3v) is 2.79.